The van der Waals surface area contributed by atoms with E-state index in [2.05, 4.69) is 70.6 Å². The van der Waals surface area contributed by atoms with E-state index in [0.717, 1.165) is 29.7 Å². The van der Waals surface area contributed by atoms with Gasteiger partial charge in [-0.25, -0.2) is 0 Å². The zero-order valence-electron chi connectivity index (χ0n) is 15.4. The van der Waals surface area contributed by atoms with E-state index in [1.54, 1.807) is 0 Å². The van der Waals surface area contributed by atoms with Crippen LogP contribution >= 0.6 is 0 Å². The Balaban J connectivity index is 2.97. The number of aryl methyl sites for hydroxylation is 1. The quantitative estimate of drug-likeness (QED) is 0.514. The minimum Gasteiger partial charge on any atom is -0.361 e. The molecule has 1 nitrogen and oxygen atoms in total. The van der Waals surface area contributed by atoms with Crippen molar-refractivity contribution in [1.82, 2.24) is 4.98 Å². The molecule has 23 heavy (non-hydrogen) atoms. The maximum atomic E-state index is 4.26. The van der Waals surface area contributed by atoms with Gasteiger partial charge in [-0.2, -0.15) is 0 Å². The van der Waals surface area contributed by atoms with Crippen LogP contribution in [0.15, 0.2) is 60.4 Å². The topological polar surface area (TPSA) is 15.8 Å². The van der Waals surface area contributed by atoms with Gasteiger partial charge in [0.25, 0.3) is 0 Å². The summed E-state index contributed by atoms with van der Waals surface area (Å²) in [5.74, 6) is 0.235. The van der Waals surface area contributed by atoms with Gasteiger partial charge >= 0.3 is 0 Å². The molecule has 0 aromatic carbocycles. The average Bonchev–Trinajstić information content (AvgIpc) is 2.81. The summed E-state index contributed by atoms with van der Waals surface area (Å²) in [4.78, 5) is 3.30. The highest BCUT2D eigenvalue weighted by Gasteiger charge is 2.13. The lowest BCUT2D eigenvalue weighted by Crippen LogP contribution is -2.04. The second-order valence-corrected chi connectivity index (χ2v) is 6.44. The zero-order chi connectivity index (χ0) is 17.6. The third-order valence-corrected chi connectivity index (χ3v) is 4.29. The molecule has 0 fully saturated rings. The van der Waals surface area contributed by atoms with Crippen LogP contribution in [0.2, 0.25) is 0 Å². The highest BCUT2D eigenvalue weighted by molar-refractivity contribution is 5.56. The minimum atomic E-state index is 0.235. The lowest BCUT2D eigenvalue weighted by Gasteiger charge is -2.19. The second-order valence-electron chi connectivity index (χ2n) is 6.44. The molecule has 1 unspecified atom stereocenters. The number of aromatic nitrogens is 1. The summed E-state index contributed by atoms with van der Waals surface area (Å²) < 4.78 is 0. The fourth-order valence-electron chi connectivity index (χ4n) is 2.57. The van der Waals surface area contributed by atoms with Crippen molar-refractivity contribution < 1.29 is 0 Å². The lowest BCUT2D eigenvalue weighted by molar-refractivity contribution is 0.798. The van der Waals surface area contributed by atoms with E-state index < -0.39 is 0 Å². The Labute approximate surface area is 142 Å². The first-order valence-corrected chi connectivity index (χ1v) is 8.34. The third kappa shape index (κ3) is 5.28. The summed E-state index contributed by atoms with van der Waals surface area (Å²) in [6.07, 6.45) is 10.5. The fraction of sp³-hybridized carbons (Fsp3) is 0.364. The lowest BCUT2D eigenvalue weighted by atomic mass is 9.86. The molecule has 0 aliphatic rings. The van der Waals surface area contributed by atoms with E-state index in [9.17, 15) is 0 Å². The molecule has 0 amide bonds. The van der Waals surface area contributed by atoms with Crippen LogP contribution in [0.1, 0.15) is 50.4 Å². The number of aromatic amines is 1. The van der Waals surface area contributed by atoms with Crippen molar-refractivity contribution in [3.8, 4) is 0 Å². The van der Waals surface area contributed by atoms with Gasteiger partial charge in [0, 0.05) is 17.8 Å². The Morgan fingerprint density at radius 2 is 1.91 bits per heavy atom. The van der Waals surface area contributed by atoms with Gasteiger partial charge in [0.15, 0.2) is 0 Å². The van der Waals surface area contributed by atoms with Gasteiger partial charge in [0.1, 0.15) is 0 Å². The van der Waals surface area contributed by atoms with Crippen molar-refractivity contribution in [2.45, 2.75) is 47.5 Å². The van der Waals surface area contributed by atoms with Crippen LogP contribution in [-0.4, -0.2) is 4.98 Å². The number of rotatable bonds is 8. The monoisotopic (exact) mass is 309 g/mol. The average molecular weight is 309 g/mol. The maximum Gasteiger partial charge on any atom is 0.0412 e. The van der Waals surface area contributed by atoms with Gasteiger partial charge in [0.2, 0.25) is 0 Å². The molecule has 1 heteroatoms. The highest BCUT2D eigenvalue weighted by Crippen LogP contribution is 2.29. The molecule has 1 aromatic heterocycles. The number of allylic oxidation sites excluding steroid dienone is 6. The first-order valence-electron chi connectivity index (χ1n) is 8.34. The van der Waals surface area contributed by atoms with Gasteiger partial charge in [-0.15, -0.1) is 0 Å². The highest BCUT2D eigenvalue weighted by atomic mass is 14.7. The van der Waals surface area contributed by atoms with E-state index in [-0.39, 0.29) is 5.92 Å². The molecule has 0 saturated heterocycles. The molecule has 0 bridgehead atoms. The molecule has 1 atom stereocenters. The van der Waals surface area contributed by atoms with Gasteiger partial charge in [-0.05, 0) is 55.5 Å². The molecule has 1 N–H and O–H groups in total. The van der Waals surface area contributed by atoms with E-state index in [1.807, 2.05) is 13.1 Å². The van der Waals surface area contributed by atoms with Crippen molar-refractivity contribution in [2.24, 2.45) is 5.92 Å². The zero-order valence-corrected chi connectivity index (χ0v) is 15.4. The standard InChI is InChI=1S/C22H31N/c1-9-10-17(5)21(13-15(2)3)19(7)16(4)11-12-22-20(8)18(6)14-23-22/h11-14,19,23H,2,4-5,9-10H2,1,3,6-8H3/b12-11-,21-13-. The molecular weight excluding hydrogens is 278 g/mol. The number of H-pyrrole nitrogens is 1. The predicted molar refractivity (Wildman–Crippen MR) is 105 cm³/mol. The number of hydrogen-bond donors (Lipinski definition) is 1. The Hall–Kier alpha value is -2.02. The number of hydrogen-bond acceptors (Lipinski definition) is 0. The molecular formula is C22H31N. The molecule has 0 saturated carbocycles. The Morgan fingerprint density at radius 1 is 1.26 bits per heavy atom. The molecule has 1 rings (SSSR count). The summed E-state index contributed by atoms with van der Waals surface area (Å²) >= 11 is 0. The van der Waals surface area contributed by atoms with Crippen molar-refractivity contribution in [3.05, 3.63) is 77.2 Å². The summed E-state index contributed by atoms with van der Waals surface area (Å²) in [6, 6.07) is 0. The largest absolute Gasteiger partial charge is 0.361 e. The molecule has 1 heterocycles. The van der Waals surface area contributed by atoms with Crippen molar-refractivity contribution >= 4 is 6.08 Å². The predicted octanol–water partition coefficient (Wildman–Crippen LogP) is 6.70. The van der Waals surface area contributed by atoms with Gasteiger partial charge < -0.3 is 4.98 Å². The van der Waals surface area contributed by atoms with Gasteiger partial charge in [-0.3, -0.25) is 0 Å². The van der Waals surface area contributed by atoms with Crippen LogP contribution in [0.3, 0.4) is 0 Å². The van der Waals surface area contributed by atoms with Crippen LogP contribution in [0.5, 0.6) is 0 Å². The van der Waals surface area contributed by atoms with Crippen LogP contribution < -0.4 is 0 Å². The summed E-state index contributed by atoms with van der Waals surface area (Å²) in [6.45, 7) is 23.2. The van der Waals surface area contributed by atoms with E-state index in [1.165, 1.54) is 22.3 Å². The number of nitrogens with one attached hydrogen (secondary N) is 1. The summed E-state index contributed by atoms with van der Waals surface area (Å²) in [5, 5.41) is 0. The molecule has 0 spiro atoms. The van der Waals surface area contributed by atoms with E-state index in [0.29, 0.717) is 0 Å². The van der Waals surface area contributed by atoms with Crippen LogP contribution in [0.4, 0.5) is 0 Å². The van der Waals surface area contributed by atoms with Crippen LogP contribution in [-0.2, 0) is 0 Å². The van der Waals surface area contributed by atoms with Crippen molar-refractivity contribution in [1.29, 1.82) is 0 Å². The summed E-state index contributed by atoms with van der Waals surface area (Å²) in [7, 11) is 0. The molecule has 0 aliphatic heterocycles. The normalized spacial score (nSPS) is 13.3. The van der Waals surface area contributed by atoms with Crippen molar-refractivity contribution in [3.63, 3.8) is 0 Å². The molecule has 0 radical (unpaired) electrons. The summed E-state index contributed by atoms with van der Waals surface area (Å²) in [5.41, 5.74) is 8.28. The smallest absolute Gasteiger partial charge is 0.0412 e. The van der Waals surface area contributed by atoms with Gasteiger partial charge in [-0.1, -0.05) is 63.3 Å². The minimum absolute atomic E-state index is 0.235. The Bertz CT molecular complexity index is 650. The maximum absolute atomic E-state index is 4.26. The van der Waals surface area contributed by atoms with Crippen LogP contribution in [0, 0.1) is 19.8 Å². The molecule has 124 valence electrons. The van der Waals surface area contributed by atoms with Crippen molar-refractivity contribution in [2.75, 3.05) is 0 Å². The first-order chi connectivity index (χ1) is 10.8. The second kappa shape index (κ2) is 8.57. The molecule has 1 aromatic rings. The van der Waals surface area contributed by atoms with E-state index >= 15 is 0 Å². The van der Waals surface area contributed by atoms with Gasteiger partial charge in [0.05, 0.1) is 0 Å². The Kier molecular flexibility index (Phi) is 7.09. The van der Waals surface area contributed by atoms with E-state index in [4.69, 9.17) is 0 Å². The molecule has 0 aliphatic carbocycles. The fourth-order valence-corrected chi connectivity index (χ4v) is 2.57. The first kappa shape index (κ1) is 19.0. The Morgan fingerprint density at radius 3 is 2.39 bits per heavy atom. The SMILES string of the molecule is C=C(C)/C=C(/C(=C)CCC)C(C)C(=C)/C=C\c1[nH]cc(C)c1C. The third-order valence-electron chi connectivity index (χ3n) is 4.29. The van der Waals surface area contributed by atoms with Crippen LogP contribution in [0.25, 0.3) is 6.08 Å².